The van der Waals surface area contributed by atoms with Gasteiger partial charge in [0.25, 0.3) is 0 Å². The summed E-state index contributed by atoms with van der Waals surface area (Å²) >= 11 is 3.54. The fourth-order valence-corrected chi connectivity index (χ4v) is 4.43. The molecule has 0 saturated carbocycles. The number of hydrogen-bond acceptors (Lipinski definition) is 5. The summed E-state index contributed by atoms with van der Waals surface area (Å²) in [4.78, 5) is 13.6. The van der Waals surface area contributed by atoms with Crippen molar-refractivity contribution in [2.45, 2.75) is 14.9 Å². The molecule has 0 radical (unpaired) electrons. The molecule has 0 N–H and O–H groups in total. The minimum atomic E-state index is 0.834. The van der Waals surface area contributed by atoms with Crippen molar-refractivity contribution in [3.63, 3.8) is 0 Å². The highest BCUT2D eigenvalue weighted by molar-refractivity contribution is 7.99. The highest BCUT2D eigenvalue weighted by Crippen LogP contribution is 2.47. The van der Waals surface area contributed by atoms with Gasteiger partial charge in [-0.2, -0.15) is 0 Å². The molecule has 2 heterocycles. The Bertz CT molecular complexity index is 763. The van der Waals surface area contributed by atoms with Crippen molar-refractivity contribution < 1.29 is 0 Å². The van der Waals surface area contributed by atoms with E-state index < -0.39 is 0 Å². The zero-order valence-electron chi connectivity index (χ0n) is 12.4. The summed E-state index contributed by atoms with van der Waals surface area (Å²) < 4.78 is 0. The predicted octanol–water partition coefficient (Wildman–Crippen LogP) is 4.87. The monoisotopic (exact) mass is 337 g/mol. The Kier molecular flexibility index (Phi) is 4.22. The molecule has 23 heavy (non-hydrogen) atoms. The SMILES string of the molecule is c1cnc(SCCN2c3ccccc3Sc3ccccc32)nc1. The maximum atomic E-state index is 4.28. The molecule has 5 heteroatoms. The molecule has 0 spiro atoms. The first-order valence-corrected chi connectivity index (χ1v) is 9.25. The number of hydrogen-bond donors (Lipinski definition) is 0. The lowest BCUT2D eigenvalue weighted by Crippen LogP contribution is -2.23. The van der Waals surface area contributed by atoms with Gasteiger partial charge in [0.1, 0.15) is 0 Å². The van der Waals surface area contributed by atoms with Gasteiger partial charge in [-0.1, -0.05) is 47.8 Å². The molecular formula is C18H15N3S2. The van der Waals surface area contributed by atoms with Crippen molar-refractivity contribution in [1.82, 2.24) is 9.97 Å². The predicted molar refractivity (Wildman–Crippen MR) is 96.8 cm³/mol. The quantitative estimate of drug-likeness (QED) is 0.500. The average molecular weight is 337 g/mol. The maximum absolute atomic E-state index is 4.28. The zero-order chi connectivity index (χ0) is 15.5. The van der Waals surface area contributed by atoms with Crippen LogP contribution in [-0.2, 0) is 0 Å². The minimum absolute atomic E-state index is 0.834. The molecule has 0 amide bonds. The standard InChI is InChI=1S/C18H15N3S2/c1-3-8-16-14(6-1)21(15-7-2-4-9-17(15)23-16)12-13-22-18-19-10-5-11-20-18/h1-11H,12-13H2. The second-order valence-corrected chi connectivity index (χ2v) is 7.21. The van der Waals surface area contributed by atoms with Gasteiger partial charge in [-0.25, -0.2) is 9.97 Å². The van der Waals surface area contributed by atoms with Gasteiger partial charge in [0.05, 0.1) is 11.4 Å². The molecule has 1 aliphatic rings. The number of para-hydroxylation sites is 2. The van der Waals surface area contributed by atoms with Crippen molar-refractivity contribution in [3.05, 3.63) is 67.0 Å². The topological polar surface area (TPSA) is 29.0 Å². The van der Waals surface area contributed by atoms with Gasteiger partial charge in [-0.05, 0) is 30.3 Å². The van der Waals surface area contributed by atoms with Crippen LogP contribution in [0.1, 0.15) is 0 Å². The largest absolute Gasteiger partial charge is 0.339 e. The molecule has 0 saturated heterocycles. The number of fused-ring (bicyclic) bond motifs is 2. The summed E-state index contributed by atoms with van der Waals surface area (Å²) in [5, 5.41) is 0.834. The highest BCUT2D eigenvalue weighted by atomic mass is 32.2. The first-order chi connectivity index (χ1) is 11.4. The van der Waals surface area contributed by atoms with Crippen molar-refractivity contribution in [2.75, 3.05) is 17.2 Å². The molecule has 0 unspecified atom stereocenters. The van der Waals surface area contributed by atoms with E-state index in [4.69, 9.17) is 0 Å². The fourth-order valence-electron chi connectivity index (χ4n) is 2.61. The molecule has 3 nitrogen and oxygen atoms in total. The molecule has 114 valence electrons. The first-order valence-electron chi connectivity index (χ1n) is 7.45. The van der Waals surface area contributed by atoms with E-state index in [1.54, 1.807) is 24.2 Å². The summed E-state index contributed by atoms with van der Waals surface area (Å²) in [6.45, 7) is 0.928. The molecule has 1 aromatic heterocycles. The summed E-state index contributed by atoms with van der Waals surface area (Å²) in [7, 11) is 0. The van der Waals surface area contributed by atoms with Crippen LogP contribution in [-0.4, -0.2) is 22.3 Å². The number of thioether (sulfide) groups is 1. The van der Waals surface area contributed by atoms with Crippen LogP contribution >= 0.6 is 23.5 Å². The molecule has 0 fully saturated rings. The molecule has 1 aliphatic heterocycles. The minimum Gasteiger partial charge on any atom is -0.339 e. The molecule has 0 bridgehead atoms. The second-order valence-electron chi connectivity index (χ2n) is 5.07. The Morgan fingerprint density at radius 1 is 0.826 bits per heavy atom. The summed E-state index contributed by atoms with van der Waals surface area (Å²) in [6, 6.07) is 19.0. The van der Waals surface area contributed by atoms with Gasteiger partial charge in [0.2, 0.25) is 0 Å². The van der Waals surface area contributed by atoms with Crippen molar-refractivity contribution in [2.24, 2.45) is 0 Å². The number of rotatable bonds is 4. The number of aromatic nitrogens is 2. The van der Waals surface area contributed by atoms with Crippen LogP contribution in [0.4, 0.5) is 11.4 Å². The zero-order valence-corrected chi connectivity index (χ0v) is 14.1. The molecule has 3 aromatic rings. The first kappa shape index (κ1) is 14.6. The summed E-state index contributed by atoms with van der Waals surface area (Å²) in [5.41, 5.74) is 2.57. The van der Waals surface area contributed by atoms with Gasteiger partial charge in [0, 0.05) is 34.5 Å². The van der Waals surface area contributed by atoms with E-state index in [2.05, 4.69) is 63.4 Å². The normalized spacial score (nSPS) is 12.6. The van der Waals surface area contributed by atoms with Crippen LogP contribution in [0.3, 0.4) is 0 Å². The van der Waals surface area contributed by atoms with Gasteiger partial charge in [-0.3, -0.25) is 0 Å². The molecule has 4 rings (SSSR count). The van der Waals surface area contributed by atoms with E-state index in [0.717, 1.165) is 17.5 Å². The van der Waals surface area contributed by atoms with E-state index in [9.17, 15) is 0 Å². The van der Waals surface area contributed by atoms with Crippen LogP contribution < -0.4 is 4.90 Å². The molecule has 0 aliphatic carbocycles. The van der Waals surface area contributed by atoms with Gasteiger partial charge >= 0.3 is 0 Å². The Morgan fingerprint density at radius 3 is 2.09 bits per heavy atom. The second kappa shape index (κ2) is 6.64. The smallest absolute Gasteiger partial charge is 0.187 e. The third kappa shape index (κ3) is 3.07. The van der Waals surface area contributed by atoms with E-state index in [0.29, 0.717) is 0 Å². The van der Waals surface area contributed by atoms with E-state index in [-0.39, 0.29) is 0 Å². The third-order valence-electron chi connectivity index (χ3n) is 3.62. The Balaban J connectivity index is 1.57. The average Bonchev–Trinajstić information content (AvgIpc) is 2.62. The van der Waals surface area contributed by atoms with Gasteiger partial charge in [0.15, 0.2) is 5.16 Å². The maximum Gasteiger partial charge on any atom is 0.187 e. The highest BCUT2D eigenvalue weighted by Gasteiger charge is 2.22. The Labute approximate surface area is 144 Å². The van der Waals surface area contributed by atoms with Crippen LogP contribution in [0.25, 0.3) is 0 Å². The lowest BCUT2D eigenvalue weighted by atomic mass is 10.2. The number of benzene rings is 2. The summed E-state index contributed by atoms with van der Waals surface area (Å²) in [5.74, 6) is 0.942. The number of anilines is 2. The Hall–Kier alpha value is -1.98. The van der Waals surface area contributed by atoms with E-state index in [1.807, 2.05) is 17.8 Å². The van der Waals surface area contributed by atoms with Crippen molar-refractivity contribution in [3.8, 4) is 0 Å². The molecule has 2 aromatic carbocycles. The van der Waals surface area contributed by atoms with Crippen molar-refractivity contribution >= 4 is 34.9 Å². The van der Waals surface area contributed by atoms with E-state index in [1.165, 1.54) is 21.2 Å². The lowest BCUT2D eigenvalue weighted by Gasteiger charge is -2.32. The fraction of sp³-hybridized carbons (Fsp3) is 0.111. The van der Waals surface area contributed by atoms with Crippen LogP contribution in [0.2, 0.25) is 0 Å². The number of nitrogens with zero attached hydrogens (tertiary/aromatic N) is 3. The van der Waals surface area contributed by atoms with E-state index >= 15 is 0 Å². The van der Waals surface area contributed by atoms with Crippen molar-refractivity contribution in [1.29, 1.82) is 0 Å². The van der Waals surface area contributed by atoms with Gasteiger partial charge < -0.3 is 4.90 Å². The van der Waals surface area contributed by atoms with Crippen LogP contribution in [0.15, 0.2) is 81.9 Å². The molecule has 0 atom stereocenters. The van der Waals surface area contributed by atoms with Crippen LogP contribution in [0, 0.1) is 0 Å². The third-order valence-corrected chi connectivity index (χ3v) is 5.61. The Morgan fingerprint density at radius 2 is 1.43 bits per heavy atom. The lowest BCUT2D eigenvalue weighted by molar-refractivity contribution is 0.952. The van der Waals surface area contributed by atoms with Gasteiger partial charge in [-0.15, -0.1) is 0 Å². The molecular weight excluding hydrogens is 322 g/mol. The summed E-state index contributed by atoms with van der Waals surface area (Å²) in [6.07, 6.45) is 3.58. The van der Waals surface area contributed by atoms with Crippen LogP contribution in [0.5, 0.6) is 0 Å².